The van der Waals surface area contributed by atoms with Crippen molar-refractivity contribution < 1.29 is 9.21 Å². The molecule has 5 nitrogen and oxygen atoms in total. The number of thioether (sulfide) groups is 1. The maximum absolute atomic E-state index is 12.0. The molecule has 3 aromatic rings. The zero-order chi connectivity index (χ0) is 18.6. The summed E-state index contributed by atoms with van der Waals surface area (Å²) in [5.41, 5.74) is 1.29. The average Bonchev–Trinajstić information content (AvgIpc) is 3.10. The summed E-state index contributed by atoms with van der Waals surface area (Å²) in [5, 5.41) is 11.1. The van der Waals surface area contributed by atoms with Crippen molar-refractivity contribution in [1.82, 2.24) is 10.2 Å². The fraction of sp³-hybridized carbons (Fsp3) is 0.250. The summed E-state index contributed by atoms with van der Waals surface area (Å²) in [6.07, 6.45) is 0. The van der Waals surface area contributed by atoms with Crippen LogP contribution in [0.25, 0.3) is 11.5 Å². The number of benzene rings is 2. The van der Waals surface area contributed by atoms with E-state index in [-0.39, 0.29) is 5.91 Å². The zero-order valence-electron chi connectivity index (χ0n) is 15.0. The Kier molecular flexibility index (Phi) is 5.42. The van der Waals surface area contributed by atoms with Gasteiger partial charge in [-0.1, -0.05) is 39.0 Å². The van der Waals surface area contributed by atoms with Crippen LogP contribution in [-0.4, -0.2) is 16.1 Å². The van der Waals surface area contributed by atoms with E-state index >= 15 is 0 Å². The molecule has 2 aromatic carbocycles. The van der Waals surface area contributed by atoms with Gasteiger partial charge in [-0.15, -0.1) is 22.0 Å². The van der Waals surface area contributed by atoms with Crippen LogP contribution in [0.3, 0.4) is 0 Å². The second kappa shape index (κ2) is 7.74. The molecule has 0 bridgehead atoms. The Morgan fingerprint density at radius 3 is 2.38 bits per heavy atom. The fourth-order valence-electron chi connectivity index (χ4n) is 2.11. The molecule has 0 saturated heterocycles. The molecule has 1 N–H and O–H groups in total. The zero-order valence-corrected chi connectivity index (χ0v) is 15.8. The number of hydrogen-bond acceptors (Lipinski definition) is 5. The van der Waals surface area contributed by atoms with Gasteiger partial charge < -0.3 is 9.73 Å². The first kappa shape index (κ1) is 18.2. The number of rotatable bonds is 5. The van der Waals surface area contributed by atoms with E-state index in [4.69, 9.17) is 4.42 Å². The molecule has 134 valence electrons. The third-order valence-corrected chi connectivity index (χ3v) is 4.64. The van der Waals surface area contributed by atoms with Gasteiger partial charge in [-0.3, -0.25) is 4.79 Å². The minimum Gasteiger partial charge on any atom is -0.420 e. The molecule has 0 unspecified atom stereocenters. The van der Waals surface area contributed by atoms with E-state index in [0.29, 0.717) is 17.5 Å². The Balaban J connectivity index is 1.57. The second-order valence-electron chi connectivity index (χ2n) is 6.88. The van der Waals surface area contributed by atoms with Crippen LogP contribution < -0.4 is 5.32 Å². The van der Waals surface area contributed by atoms with E-state index in [1.807, 2.05) is 75.4 Å². The summed E-state index contributed by atoms with van der Waals surface area (Å²) in [7, 11) is 0. The normalized spacial score (nSPS) is 11.3. The van der Waals surface area contributed by atoms with Gasteiger partial charge in [0.15, 0.2) is 0 Å². The Bertz CT molecular complexity index is 868. The van der Waals surface area contributed by atoms with Crippen LogP contribution in [0, 0.1) is 5.41 Å². The van der Waals surface area contributed by atoms with E-state index in [1.165, 1.54) is 0 Å². The van der Waals surface area contributed by atoms with Crippen molar-refractivity contribution in [3.63, 3.8) is 0 Å². The van der Waals surface area contributed by atoms with Gasteiger partial charge in [0.1, 0.15) is 0 Å². The Morgan fingerprint density at radius 2 is 1.73 bits per heavy atom. The molecule has 0 aliphatic heterocycles. The first-order chi connectivity index (χ1) is 12.4. The van der Waals surface area contributed by atoms with Gasteiger partial charge in [-0.25, -0.2) is 0 Å². The monoisotopic (exact) mass is 367 g/mol. The van der Waals surface area contributed by atoms with Crippen molar-refractivity contribution in [3.05, 3.63) is 60.5 Å². The highest BCUT2D eigenvalue weighted by atomic mass is 32.2. The summed E-state index contributed by atoms with van der Waals surface area (Å²) < 4.78 is 5.71. The number of amides is 1. The maximum Gasteiger partial charge on any atom is 0.247 e. The van der Waals surface area contributed by atoms with Crippen molar-refractivity contribution in [2.24, 2.45) is 5.41 Å². The van der Waals surface area contributed by atoms with Crippen LogP contribution in [0.5, 0.6) is 0 Å². The van der Waals surface area contributed by atoms with Crippen molar-refractivity contribution in [2.75, 3.05) is 5.32 Å². The largest absolute Gasteiger partial charge is 0.420 e. The Labute approximate surface area is 157 Å². The van der Waals surface area contributed by atoms with Crippen molar-refractivity contribution in [2.45, 2.75) is 31.4 Å². The molecular weight excluding hydrogens is 346 g/mol. The van der Waals surface area contributed by atoms with E-state index < -0.39 is 5.41 Å². The SMILES string of the molecule is CC(C)(C)C(=O)Nc1ccc(SCc2nnc(-c3ccccc3)o2)cc1. The highest BCUT2D eigenvalue weighted by Crippen LogP contribution is 2.26. The smallest absolute Gasteiger partial charge is 0.247 e. The molecule has 0 spiro atoms. The summed E-state index contributed by atoms with van der Waals surface area (Å²) in [6, 6.07) is 17.4. The molecule has 0 atom stereocenters. The molecule has 0 radical (unpaired) electrons. The minimum absolute atomic E-state index is 0.00259. The molecule has 0 fully saturated rings. The van der Waals surface area contributed by atoms with Crippen LogP contribution in [0.2, 0.25) is 0 Å². The van der Waals surface area contributed by atoms with Crippen LogP contribution >= 0.6 is 11.8 Å². The number of carbonyl (C=O) groups is 1. The van der Waals surface area contributed by atoms with Gasteiger partial charge in [0, 0.05) is 21.6 Å². The maximum atomic E-state index is 12.0. The summed E-state index contributed by atoms with van der Waals surface area (Å²) >= 11 is 1.61. The molecule has 0 aliphatic carbocycles. The molecule has 0 saturated carbocycles. The van der Waals surface area contributed by atoms with E-state index in [2.05, 4.69) is 15.5 Å². The Morgan fingerprint density at radius 1 is 1.04 bits per heavy atom. The number of hydrogen-bond donors (Lipinski definition) is 1. The number of nitrogens with zero attached hydrogens (tertiary/aromatic N) is 2. The molecule has 6 heteroatoms. The molecule has 26 heavy (non-hydrogen) atoms. The molecule has 1 aromatic heterocycles. The van der Waals surface area contributed by atoms with Crippen molar-refractivity contribution in [1.29, 1.82) is 0 Å². The lowest BCUT2D eigenvalue weighted by Crippen LogP contribution is -2.27. The lowest BCUT2D eigenvalue weighted by atomic mass is 9.95. The number of carbonyl (C=O) groups excluding carboxylic acids is 1. The molecule has 1 amide bonds. The molecular formula is C20H21N3O2S. The average molecular weight is 367 g/mol. The summed E-state index contributed by atoms with van der Waals surface area (Å²) in [5.74, 6) is 1.70. The number of anilines is 1. The van der Waals surface area contributed by atoms with Gasteiger partial charge in [-0.2, -0.15) is 0 Å². The first-order valence-electron chi connectivity index (χ1n) is 8.34. The Hall–Kier alpha value is -2.60. The minimum atomic E-state index is -0.415. The molecule has 0 aliphatic rings. The van der Waals surface area contributed by atoms with Gasteiger partial charge in [0.2, 0.25) is 17.7 Å². The van der Waals surface area contributed by atoms with Gasteiger partial charge >= 0.3 is 0 Å². The number of aromatic nitrogens is 2. The fourth-order valence-corrected chi connectivity index (χ4v) is 2.84. The van der Waals surface area contributed by atoms with Gasteiger partial charge in [0.05, 0.1) is 5.75 Å². The van der Waals surface area contributed by atoms with Crippen LogP contribution in [0.4, 0.5) is 5.69 Å². The van der Waals surface area contributed by atoms with Crippen LogP contribution in [0.15, 0.2) is 63.9 Å². The second-order valence-corrected chi connectivity index (χ2v) is 7.93. The third kappa shape index (κ3) is 4.73. The van der Waals surface area contributed by atoms with Gasteiger partial charge in [0.25, 0.3) is 0 Å². The highest BCUT2D eigenvalue weighted by Gasteiger charge is 2.21. The summed E-state index contributed by atoms with van der Waals surface area (Å²) in [4.78, 5) is 13.1. The molecule has 1 heterocycles. The lowest BCUT2D eigenvalue weighted by Gasteiger charge is -2.17. The van der Waals surface area contributed by atoms with Crippen molar-refractivity contribution in [3.8, 4) is 11.5 Å². The quantitative estimate of drug-likeness (QED) is 0.642. The standard InChI is InChI=1S/C20H21N3O2S/c1-20(2,3)19(24)21-15-9-11-16(12-10-15)26-13-17-22-23-18(25-17)14-7-5-4-6-8-14/h4-12H,13H2,1-3H3,(H,21,24). The topological polar surface area (TPSA) is 68.0 Å². The first-order valence-corrected chi connectivity index (χ1v) is 9.32. The molecule has 3 rings (SSSR count). The summed E-state index contributed by atoms with van der Waals surface area (Å²) in [6.45, 7) is 5.67. The van der Waals surface area contributed by atoms with Gasteiger partial charge in [-0.05, 0) is 36.4 Å². The van der Waals surface area contributed by atoms with Crippen LogP contribution in [-0.2, 0) is 10.5 Å². The predicted molar refractivity (Wildman–Crippen MR) is 104 cm³/mol. The van der Waals surface area contributed by atoms with E-state index in [0.717, 1.165) is 16.1 Å². The van der Waals surface area contributed by atoms with Crippen LogP contribution in [0.1, 0.15) is 26.7 Å². The lowest BCUT2D eigenvalue weighted by molar-refractivity contribution is -0.123. The van der Waals surface area contributed by atoms with Crippen molar-refractivity contribution >= 4 is 23.4 Å². The van der Waals surface area contributed by atoms with E-state index in [9.17, 15) is 4.79 Å². The number of nitrogens with one attached hydrogen (secondary N) is 1. The third-order valence-electron chi connectivity index (χ3n) is 3.64. The highest BCUT2D eigenvalue weighted by molar-refractivity contribution is 7.98. The predicted octanol–water partition coefficient (Wildman–Crippen LogP) is 5.01. The van der Waals surface area contributed by atoms with E-state index in [1.54, 1.807) is 11.8 Å².